The lowest BCUT2D eigenvalue weighted by atomic mass is 10.1. The lowest BCUT2D eigenvalue weighted by Crippen LogP contribution is -2.42. The fraction of sp³-hybridized carbons (Fsp3) is 1.00. The normalized spacial score (nSPS) is 19.8. The molecule has 3 N–H and O–H groups in total. The van der Waals surface area contributed by atoms with Gasteiger partial charge in [-0.2, -0.15) is 13.2 Å². The van der Waals surface area contributed by atoms with E-state index in [0.717, 1.165) is 39.0 Å². The van der Waals surface area contributed by atoms with Gasteiger partial charge in [0.2, 0.25) is 0 Å². The van der Waals surface area contributed by atoms with Gasteiger partial charge in [0.15, 0.2) is 0 Å². The molecule has 0 aromatic rings. The number of nitrogens with one attached hydrogen (secondary N) is 1. The number of hydrogen-bond donors (Lipinski definition) is 2. The molecule has 0 unspecified atom stereocenters. The van der Waals surface area contributed by atoms with E-state index in [0.29, 0.717) is 12.6 Å². The summed E-state index contributed by atoms with van der Waals surface area (Å²) in [6.07, 6.45) is -2.51. The van der Waals surface area contributed by atoms with Crippen LogP contribution in [-0.4, -0.2) is 49.8 Å². The molecule has 1 heterocycles. The molecule has 1 saturated heterocycles. The highest BCUT2D eigenvalue weighted by Crippen LogP contribution is 2.20. The molecule has 0 bridgehead atoms. The van der Waals surface area contributed by atoms with Crippen molar-refractivity contribution < 1.29 is 13.2 Å². The number of nitrogens with zero attached hydrogens (tertiary/aromatic N) is 1. The fourth-order valence-electron chi connectivity index (χ4n) is 1.95. The zero-order valence-corrected chi connectivity index (χ0v) is 10.1. The molecule has 17 heavy (non-hydrogen) atoms. The van der Waals surface area contributed by atoms with Crippen LogP contribution in [0.4, 0.5) is 13.2 Å². The molecule has 6 heteroatoms. The van der Waals surface area contributed by atoms with Gasteiger partial charge in [0, 0.05) is 25.6 Å². The Bertz CT molecular complexity index is 201. The first-order chi connectivity index (χ1) is 7.97. The monoisotopic (exact) mass is 253 g/mol. The van der Waals surface area contributed by atoms with Crippen LogP contribution in [0.1, 0.15) is 25.7 Å². The Labute approximate surface area is 101 Å². The zero-order chi connectivity index (χ0) is 12.7. The van der Waals surface area contributed by atoms with Crippen LogP contribution in [0.2, 0.25) is 0 Å². The largest absolute Gasteiger partial charge is 0.389 e. The lowest BCUT2D eigenvalue weighted by Gasteiger charge is -2.30. The third-order valence-electron chi connectivity index (χ3n) is 3.05. The molecule has 0 saturated carbocycles. The minimum atomic E-state index is -4.02. The zero-order valence-electron chi connectivity index (χ0n) is 10.1. The Kier molecular flexibility index (Phi) is 6.22. The summed E-state index contributed by atoms with van der Waals surface area (Å²) in [4.78, 5) is 2.31. The molecular formula is C11H22F3N3. The summed E-state index contributed by atoms with van der Waals surface area (Å²) in [7, 11) is 0. The maximum atomic E-state index is 11.8. The standard InChI is InChI=1S/C11H22F3N3/c12-11(13,14)4-1-5-16-6-9-17-7-2-10(15)3-8-17/h10,16H,1-9,15H2. The van der Waals surface area contributed by atoms with Crippen molar-refractivity contribution in [2.75, 3.05) is 32.7 Å². The van der Waals surface area contributed by atoms with E-state index in [9.17, 15) is 13.2 Å². The van der Waals surface area contributed by atoms with E-state index in [1.165, 1.54) is 0 Å². The van der Waals surface area contributed by atoms with E-state index in [2.05, 4.69) is 10.2 Å². The number of halogens is 3. The third-order valence-corrected chi connectivity index (χ3v) is 3.05. The first kappa shape index (κ1) is 14.7. The maximum absolute atomic E-state index is 11.8. The van der Waals surface area contributed by atoms with E-state index in [1.54, 1.807) is 0 Å². The molecule has 1 fully saturated rings. The van der Waals surface area contributed by atoms with Gasteiger partial charge in [0.25, 0.3) is 0 Å². The minimum absolute atomic E-state index is 0.161. The number of piperidine rings is 1. The molecular weight excluding hydrogens is 231 g/mol. The Hall–Kier alpha value is -0.330. The van der Waals surface area contributed by atoms with Crippen molar-refractivity contribution in [2.45, 2.75) is 37.9 Å². The van der Waals surface area contributed by atoms with Crippen LogP contribution >= 0.6 is 0 Å². The summed E-state index contributed by atoms with van der Waals surface area (Å²) in [5.41, 5.74) is 5.78. The Morgan fingerprint density at radius 2 is 1.82 bits per heavy atom. The quantitative estimate of drug-likeness (QED) is 0.702. The summed E-state index contributed by atoms with van der Waals surface area (Å²) in [5.74, 6) is 0. The van der Waals surface area contributed by atoms with E-state index in [-0.39, 0.29) is 6.42 Å². The minimum Gasteiger partial charge on any atom is -0.328 e. The molecule has 0 spiro atoms. The van der Waals surface area contributed by atoms with Gasteiger partial charge < -0.3 is 16.0 Å². The molecule has 0 aromatic carbocycles. The topological polar surface area (TPSA) is 41.3 Å². The van der Waals surface area contributed by atoms with Crippen molar-refractivity contribution in [1.29, 1.82) is 0 Å². The Morgan fingerprint density at radius 3 is 2.41 bits per heavy atom. The van der Waals surface area contributed by atoms with Crippen LogP contribution in [0.5, 0.6) is 0 Å². The van der Waals surface area contributed by atoms with E-state index >= 15 is 0 Å². The Morgan fingerprint density at radius 1 is 1.18 bits per heavy atom. The predicted molar refractivity (Wildman–Crippen MR) is 61.8 cm³/mol. The van der Waals surface area contributed by atoms with Crippen LogP contribution in [0.25, 0.3) is 0 Å². The van der Waals surface area contributed by atoms with Crippen LogP contribution < -0.4 is 11.1 Å². The van der Waals surface area contributed by atoms with Gasteiger partial charge in [-0.15, -0.1) is 0 Å². The van der Waals surface area contributed by atoms with Gasteiger partial charge in [0.05, 0.1) is 0 Å². The number of rotatable bonds is 6. The molecule has 3 nitrogen and oxygen atoms in total. The molecule has 102 valence electrons. The maximum Gasteiger partial charge on any atom is 0.389 e. The molecule has 1 aliphatic heterocycles. The highest BCUT2D eigenvalue weighted by atomic mass is 19.4. The Balaban J connectivity index is 1.91. The smallest absolute Gasteiger partial charge is 0.328 e. The molecule has 1 aliphatic rings. The molecule has 0 aromatic heterocycles. The van der Waals surface area contributed by atoms with Gasteiger partial charge >= 0.3 is 6.18 Å². The lowest BCUT2D eigenvalue weighted by molar-refractivity contribution is -0.135. The van der Waals surface area contributed by atoms with Crippen molar-refractivity contribution in [3.63, 3.8) is 0 Å². The number of alkyl halides is 3. The second kappa shape index (κ2) is 7.18. The van der Waals surface area contributed by atoms with Gasteiger partial charge in [-0.25, -0.2) is 0 Å². The molecule has 1 rings (SSSR count). The second-order valence-corrected chi connectivity index (χ2v) is 4.65. The predicted octanol–water partition coefficient (Wildman–Crippen LogP) is 1.34. The summed E-state index contributed by atoms with van der Waals surface area (Å²) in [5, 5.41) is 3.04. The van der Waals surface area contributed by atoms with Crippen molar-refractivity contribution in [3.05, 3.63) is 0 Å². The summed E-state index contributed by atoms with van der Waals surface area (Å²) in [6, 6.07) is 0.325. The van der Waals surface area contributed by atoms with Crippen LogP contribution in [0.3, 0.4) is 0 Å². The summed E-state index contributed by atoms with van der Waals surface area (Å²) in [6.45, 7) is 4.11. The fourth-order valence-corrected chi connectivity index (χ4v) is 1.95. The number of hydrogen-bond acceptors (Lipinski definition) is 3. The van der Waals surface area contributed by atoms with E-state index in [1.807, 2.05) is 0 Å². The van der Waals surface area contributed by atoms with Gasteiger partial charge in [-0.3, -0.25) is 0 Å². The third kappa shape index (κ3) is 7.57. The second-order valence-electron chi connectivity index (χ2n) is 4.65. The van der Waals surface area contributed by atoms with E-state index < -0.39 is 12.6 Å². The SMILES string of the molecule is NC1CCN(CCNCCCC(F)(F)F)CC1. The van der Waals surface area contributed by atoms with Crippen molar-refractivity contribution in [2.24, 2.45) is 5.73 Å². The van der Waals surface area contributed by atoms with Gasteiger partial charge in [0.1, 0.15) is 0 Å². The summed E-state index contributed by atoms with van der Waals surface area (Å²) >= 11 is 0. The number of likely N-dealkylation sites (tertiary alicyclic amines) is 1. The van der Waals surface area contributed by atoms with Crippen molar-refractivity contribution in [1.82, 2.24) is 10.2 Å². The van der Waals surface area contributed by atoms with E-state index in [4.69, 9.17) is 5.73 Å². The van der Waals surface area contributed by atoms with Gasteiger partial charge in [-0.1, -0.05) is 0 Å². The molecule has 0 atom stereocenters. The highest BCUT2D eigenvalue weighted by Gasteiger charge is 2.25. The number of nitrogens with two attached hydrogens (primary N) is 1. The van der Waals surface area contributed by atoms with Crippen molar-refractivity contribution in [3.8, 4) is 0 Å². The van der Waals surface area contributed by atoms with Gasteiger partial charge in [-0.05, 0) is 38.9 Å². The molecule has 0 radical (unpaired) electrons. The highest BCUT2D eigenvalue weighted by molar-refractivity contribution is 4.74. The van der Waals surface area contributed by atoms with Crippen LogP contribution in [0.15, 0.2) is 0 Å². The van der Waals surface area contributed by atoms with Crippen molar-refractivity contribution >= 4 is 0 Å². The first-order valence-corrected chi connectivity index (χ1v) is 6.23. The molecule has 0 aliphatic carbocycles. The molecule has 0 amide bonds. The summed E-state index contributed by atoms with van der Waals surface area (Å²) < 4.78 is 35.5. The van der Waals surface area contributed by atoms with Crippen LogP contribution in [0, 0.1) is 0 Å². The average molecular weight is 253 g/mol. The van der Waals surface area contributed by atoms with Crippen LogP contribution in [-0.2, 0) is 0 Å². The average Bonchev–Trinajstić information content (AvgIpc) is 2.24. The first-order valence-electron chi connectivity index (χ1n) is 6.23.